The number of phenols is 1. The maximum absolute atomic E-state index is 12.2. The van der Waals surface area contributed by atoms with Crippen molar-refractivity contribution in [2.45, 2.75) is 11.8 Å². The zero-order valence-corrected chi connectivity index (χ0v) is 12.5. The Bertz CT molecular complexity index is 676. The zero-order valence-electron chi connectivity index (χ0n) is 10.1. The number of hydrogen-bond donors (Lipinski definition) is 2. The van der Waals surface area contributed by atoms with Gasteiger partial charge in [-0.25, -0.2) is 8.42 Å². The molecule has 0 atom stereocenters. The molecule has 100 valence electrons. The van der Waals surface area contributed by atoms with E-state index in [0.717, 1.165) is 4.47 Å². The molecule has 0 unspecified atom stereocenters. The van der Waals surface area contributed by atoms with Gasteiger partial charge in [0, 0.05) is 4.47 Å². The molecule has 2 aromatic rings. The second kappa shape index (κ2) is 5.22. The average molecular weight is 342 g/mol. The molecule has 0 amide bonds. The van der Waals surface area contributed by atoms with Gasteiger partial charge in [0.15, 0.2) is 0 Å². The highest BCUT2D eigenvalue weighted by molar-refractivity contribution is 9.10. The van der Waals surface area contributed by atoms with Crippen molar-refractivity contribution in [3.8, 4) is 5.75 Å². The fourth-order valence-electron chi connectivity index (χ4n) is 1.59. The number of aromatic hydroxyl groups is 1. The number of para-hydroxylation sites is 1. The molecule has 2 aromatic carbocycles. The van der Waals surface area contributed by atoms with Gasteiger partial charge in [0.1, 0.15) is 5.75 Å². The van der Waals surface area contributed by atoms with Crippen LogP contribution < -0.4 is 4.72 Å². The first-order valence-corrected chi connectivity index (χ1v) is 7.75. The van der Waals surface area contributed by atoms with E-state index in [1.54, 1.807) is 31.2 Å². The second-order valence-corrected chi connectivity index (χ2v) is 6.63. The zero-order chi connectivity index (χ0) is 14.0. The predicted molar refractivity (Wildman–Crippen MR) is 77.8 cm³/mol. The highest BCUT2D eigenvalue weighted by Gasteiger charge is 2.17. The first-order valence-electron chi connectivity index (χ1n) is 5.47. The van der Waals surface area contributed by atoms with Crippen molar-refractivity contribution in [1.82, 2.24) is 0 Å². The minimum Gasteiger partial charge on any atom is -0.506 e. The van der Waals surface area contributed by atoms with Crippen molar-refractivity contribution in [1.29, 1.82) is 0 Å². The van der Waals surface area contributed by atoms with Gasteiger partial charge >= 0.3 is 0 Å². The number of halogens is 1. The molecule has 2 rings (SSSR count). The van der Waals surface area contributed by atoms with Crippen LogP contribution in [0.2, 0.25) is 0 Å². The van der Waals surface area contributed by atoms with Crippen LogP contribution in [0, 0.1) is 6.92 Å². The van der Waals surface area contributed by atoms with Crippen LogP contribution in [-0.4, -0.2) is 13.5 Å². The Morgan fingerprint density at radius 1 is 1.11 bits per heavy atom. The van der Waals surface area contributed by atoms with Crippen LogP contribution in [-0.2, 0) is 10.0 Å². The lowest BCUT2D eigenvalue weighted by atomic mass is 10.2. The molecular weight excluding hydrogens is 330 g/mol. The summed E-state index contributed by atoms with van der Waals surface area (Å²) in [5.74, 6) is -0.0966. The number of nitrogens with one attached hydrogen (secondary N) is 1. The fourth-order valence-corrected chi connectivity index (χ4v) is 3.00. The van der Waals surface area contributed by atoms with Crippen molar-refractivity contribution < 1.29 is 13.5 Å². The third kappa shape index (κ3) is 3.08. The summed E-state index contributed by atoms with van der Waals surface area (Å²) >= 11 is 3.25. The van der Waals surface area contributed by atoms with E-state index in [-0.39, 0.29) is 16.3 Å². The minimum absolute atomic E-state index is 0.0966. The van der Waals surface area contributed by atoms with Crippen molar-refractivity contribution in [3.63, 3.8) is 0 Å². The quantitative estimate of drug-likeness (QED) is 0.842. The van der Waals surface area contributed by atoms with Crippen molar-refractivity contribution in [2.24, 2.45) is 0 Å². The van der Waals surface area contributed by atoms with Gasteiger partial charge in [-0.3, -0.25) is 4.72 Å². The first kappa shape index (κ1) is 13.9. The molecule has 0 spiro atoms. The molecule has 0 saturated carbocycles. The van der Waals surface area contributed by atoms with Gasteiger partial charge in [-0.15, -0.1) is 0 Å². The molecule has 0 aromatic heterocycles. The Hall–Kier alpha value is -1.53. The number of benzene rings is 2. The summed E-state index contributed by atoms with van der Waals surface area (Å²) in [4.78, 5) is 0.137. The smallest absolute Gasteiger partial charge is 0.262 e. The van der Waals surface area contributed by atoms with Gasteiger partial charge in [-0.05, 0) is 42.8 Å². The first-order chi connectivity index (χ1) is 8.90. The van der Waals surface area contributed by atoms with Crippen LogP contribution >= 0.6 is 15.9 Å². The SMILES string of the molecule is Cc1cccc(O)c1NS(=O)(=O)c1ccc(Br)cc1. The van der Waals surface area contributed by atoms with E-state index < -0.39 is 10.0 Å². The van der Waals surface area contributed by atoms with Gasteiger partial charge in [0.05, 0.1) is 10.6 Å². The van der Waals surface area contributed by atoms with E-state index in [2.05, 4.69) is 20.7 Å². The number of hydrogen-bond acceptors (Lipinski definition) is 3. The molecule has 19 heavy (non-hydrogen) atoms. The Morgan fingerprint density at radius 2 is 1.74 bits per heavy atom. The number of sulfonamides is 1. The lowest BCUT2D eigenvalue weighted by molar-refractivity contribution is 0.477. The Morgan fingerprint density at radius 3 is 2.32 bits per heavy atom. The second-order valence-electron chi connectivity index (χ2n) is 4.03. The van der Waals surface area contributed by atoms with E-state index >= 15 is 0 Å². The van der Waals surface area contributed by atoms with Crippen LogP contribution in [0.4, 0.5) is 5.69 Å². The van der Waals surface area contributed by atoms with Gasteiger partial charge in [0.2, 0.25) is 0 Å². The van der Waals surface area contributed by atoms with Crippen LogP contribution in [0.15, 0.2) is 51.8 Å². The molecule has 0 aliphatic carbocycles. The molecule has 0 saturated heterocycles. The summed E-state index contributed by atoms with van der Waals surface area (Å²) in [6.07, 6.45) is 0. The molecule has 0 bridgehead atoms. The molecule has 0 aliphatic heterocycles. The van der Waals surface area contributed by atoms with Crippen LogP contribution in [0.1, 0.15) is 5.56 Å². The number of aryl methyl sites for hydroxylation is 1. The molecule has 6 heteroatoms. The highest BCUT2D eigenvalue weighted by atomic mass is 79.9. The third-order valence-corrected chi connectivity index (χ3v) is 4.51. The van der Waals surface area contributed by atoms with Gasteiger partial charge in [-0.2, -0.15) is 0 Å². The highest BCUT2D eigenvalue weighted by Crippen LogP contribution is 2.29. The predicted octanol–water partition coefficient (Wildman–Crippen LogP) is 3.26. The van der Waals surface area contributed by atoms with E-state index in [0.29, 0.717) is 5.56 Å². The monoisotopic (exact) mass is 341 g/mol. The fraction of sp³-hybridized carbons (Fsp3) is 0.0769. The van der Waals surface area contributed by atoms with Gasteiger partial charge < -0.3 is 5.11 Å². The van der Waals surface area contributed by atoms with Crippen molar-refractivity contribution in [3.05, 3.63) is 52.5 Å². The molecule has 0 heterocycles. The van der Waals surface area contributed by atoms with E-state index in [9.17, 15) is 13.5 Å². The number of phenolic OH excluding ortho intramolecular Hbond substituents is 1. The molecule has 0 radical (unpaired) electrons. The third-order valence-electron chi connectivity index (χ3n) is 2.61. The maximum atomic E-state index is 12.2. The number of anilines is 1. The van der Waals surface area contributed by atoms with Crippen LogP contribution in [0.3, 0.4) is 0 Å². The lowest BCUT2D eigenvalue weighted by Gasteiger charge is -2.12. The topological polar surface area (TPSA) is 66.4 Å². The average Bonchev–Trinajstić information content (AvgIpc) is 2.35. The minimum atomic E-state index is -3.71. The Labute approximate surface area is 120 Å². The summed E-state index contributed by atoms with van der Waals surface area (Å²) in [7, 11) is -3.71. The summed E-state index contributed by atoms with van der Waals surface area (Å²) in [6.45, 7) is 1.72. The van der Waals surface area contributed by atoms with E-state index in [4.69, 9.17) is 0 Å². The summed E-state index contributed by atoms with van der Waals surface area (Å²) in [5.41, 5.74) is 0.853. The molecule has 2 N–H and O–H groups in total. The largest absolute Gasteiger partial charge is 0.506 e. The standard InChI is InChI=1S/C13H12BrNO3S/c1-9-3-2-4-12(16)13(9)15-19(17,18)11-7-5-10(14)6-8-11/h2-8,15-16H,1H3. The lowest BCUT2D eigenvalue weighted by Crippen LogP contribution is -2.13. The Balaban J connectivity index is 2.39. The van der Waals surface area contributed by atoms with Crippen LogP contribution in [0.5, 0.6) is 5.75 Å². The molecular formula is C13H12BrNO3S. The van der Waals surface area contributed by atoms with Crippen molar-refractivity contribution >= 4 is 31.6 Å². The molecule has 0 fully saturated rings. The van der Waals surface area contributed by atoms with Gasteiger partial charge in [0.25, 0.3) is 10.0 Å². The normalized spacial score (nSPS) is 11.3. The summed E-state index contributed by atoms with van der Waals surface area (Å²) in [5, 5.41) is 9.71. The maximum Gasteiger partial charge on any atom is 0.262 e. The number of rotatable bonds is 3. The molecule has 0 aliphatic rings. The Kier molecular flexibility index (Phi) is 3.82. The van der Waals surface area contributed by atoms with E-state index in [1.807, 2.05) is 0 Å². The van der Waals surface area contributed by atoms with Gasteiger partial charge in [-0.1, -0.05) is 28.1 Å². The summed E-state index contributed by atoms with van der Waals surface area (Å²) in [6, 6.07) is 11.1. The molecule has 4 nitrogen and oxygen atoms in total. The summed E-state index contributed by atoms with van der Waals surface area (Å²) < 4.78 is 27.6. The van der Waals surface area contributed by atoms with Crippen LogP contribution in [0.25, 0.3) is 0 Å². The van der Waals surface area contributed by atoms with Crippen molar-refractivity contribution in [2.75, 3.05) is 4.72 Å². The van der Waals surface area contributed by atoms with E-state index in [1.165, 1.54) is 18.2 Å².